The predicted octanol–water partition coefficient (Wildman–Crippen LogP) is 2.98. The van der Waals surface area contributed by atoms with E-state index in [4.69, 9.17) is 10.5 Å². The highest BCUT2D eigenvalue weighted by atomic mass is 16.5. The molecular formula is C16H24N2O2. The van der Waals surface area contributed by atoms with Gasteiger partial charge in [-0.05, 0) is 36.5 Å². The van der Waals surface area contributed by atoms with Crippen LogP contribution >= 0.6 is 0 Å². The first-order valence-electron chi connectivity index (χ1n) is 7.26. The van der Waals surface area contributed by atoms with Gasteiger partial charge in [0.1, 0.15) is 5.75 Å². The second kappa shape index (κ2) is 6.16. The minimum Gasteiger partial charge on any atom is -0.495 e. The van der Waals surface area contributed by atoms with E-state index in [0.29, 0.717) is 17.0 Å². The molecule has 3 N–H and O–H groups in total. The van der Waals surface area contributed by atoms with Crippen LogP contribution in [0.15, 0.2) is 18.2 Å². The second-order valence-electron chi connectivity index (χ2n) is 6.01. The number of nitrogens with two attached hydrogens (primary N) is 1. The maximum atomic E-state index is 12.2. The van der Waals surface area contributed by atoms with Crippen LogP contribution in [0.2, 0.25) is 0 Å². The molecule has 1 aliphatic rings. The van der Waals surface area contributed by atoms with E-state index in [2.05, 4.69) is 12.2 Å². The van der Waals surface area contributed by atoms with Gasteiger partial charge >= 0.3 is 0 Å². The Morgan fingerprint density at radius 1 is 1.35 bits per heavy atom. The van der Waals surface area contributed by atoms with E-state index in [9.17, 15) is 4.79 Å². The van der Waals surface area contributed by atoms with Gasteiger partial charge in [-0.15, -0.1) is 0 Å². The number of ether oxygens (including phenoxy) is 1. The van der Waals surface area contributed by atoms with E-state index in [0.717, 1.165) is 6.54 Å². The Labute approximate surface area is 120 Å². The van der Waals surface area contributed by atoms with Crippen LogP contribution in [0.5, 0.6) is 5.75 Å². The number of benzene rings is 1. The van der Waals surface area contributed by atoms with E-state index in [1.807, 2.05) is 0 Å². The molecule has 0 aromatic heterocycles. The molecule has 0 saturated heterocycles. The molecule has 4 heteroatoms. The van der Waals surface area contributed by atoms with Gasteiger partial charge in [0.25, 0.3) is 5.91 Å². The normalized spacial score (nSPS) is 17.5. The first-order valence-corrected chi connectivity index (χ1v) is 7.26. The van der Waals surface area contributed by atoms with Crippen molar-refractivity contribution in [1.82, 2.24) is 5.32 Å². The van der Waals surface area contributed by atoms with Crippen molar-refractivity contribution in [3.63, 3.8) is 0 Å². The van der Waals surface area contributed by atoms with Gasteiger partial charge in [-0.2, -0.15) is 0 Å². The van der Waals surface area contributed by atoms with Crippen molar-refractivity contribution in [2.45, 2.75) is 39.0 Å². The van der Waals surface area contributed by atoms with E-state index in [-0.39, 0.29) is 11.3 Å². The quantitative estimate of drug-likeness (QED) is 0.831. The van der Waals surface area contributed by atoms with Crippen molar-refractivity contribution in [2.24, 2.45) is 5.41 Å². The zero-order valence-corrected chi connectivity index (χ0v) is 12.4. The molecule has 1 amide bonds. The lowest BCUT2D eigenvalue weighted by molar-refractivity contribution is 0.0919. The average molecular weight is 276 g/mol. The van der Waals surface area contributed by atoms with Gasteiger partial charge in [-0.3, -0.25) is 4.79 Å². The van der Waals surface area contributed by atoms with E-state index in [1.165, 1.54) is 32.1 Å². The fourth-order valence-corrected chi connectivity index (χ4v) is 2.83. The molecule has 2 rings (SSSR count). The number of carbonyl (C=O) groups excluding carboxylic acids is 1. The van der Waals surface area contributed by atoms with Crippen molar-refractivity contribution < 1.29 is 9.53 Å². The lowest BCUT2D eigenvalue weighted by atomic mass is 9.76. The Kier molecular flexibility index (Phi) is 4.53. The third-order valence-electron chi connectivity index (χ3n) is 4.23. The van der Waals surface area contributed by atoms with Gasteiger partial charge < -0.3 is 15.8 Å². The van der Waals surface area contributed by atoms with Gasteiger partial charge in [0.15, 0.2) is 0 Å². The predicted molar refractivity (Wildman–Crippen MR) is 80.9 cm³/mol. The van der Waals surface area contributed by atoms with E-state index in [1.54, 1.807) is 25.3 Å². The van der Waals surface area contributed by atoms with Crippen molar-refractivity contribution in [1.29, 1.82) is 0 Å². The number of methoxy groups -OCH3 is 1. The Hall–Kier alpha value is -1.71. The molecule has 110 valence electrons. The number of nitrogens with one attached hydrogen (secondary N) is 1. The average Bonchev–Trinajstić information content (AvgIpc) is 2.46. The molecule has 0 spiro atoms. The maximum Gasteiger partial charge on any atom is 0.251 e. The summed E-state index contributed by atoms with van der Waals surface area (Å²) in [6.45, 7) is 2.99. The largest absolute Gasteiger partial charge is 0.495 e. The molecule has 1 fully saturated rings. The summed E-state index contributed by atoms with van der Waals surface area (Å²) >= 11 is 0. The van der Waals surface area contributed by atoms with E-state index >= 15 is 0 Å². The number of rotatable bonds is 4. The molecule has 1 aromatic rings. The van der Waals surface area contributed by atoms with Crippen LogP contribution in [0.25, 0.3) is 0 Å². The Morgan fingerprint density at radius 2 is 2.05 bits per heavy atom. The minimum atomic E-state index is -0.0601. The Morgan fingerprint density at radius 3 is 2.70 bits per heavy atom. The SMILES string of the molecule is COc1cc(C(=O)NCC2(C)CCCCC2)ccc1N. The summed E-state index contributed by atoms with van der Waals surface area (Å²) in [5.74, 6) is 0.483. The molecular weight excluding hydrogens is 252 g/mol. The first-order chi connectivity index (χ1) is 9.54. The highest BCUT2D eigenvalue weighted by Crippen LogP contribution is 2.35. The summed E-state index contributed by atoms with van der Waals surface area (Å²) in [6.07, 6.45) is 6.24. The number of amides is 1. The number of hydrogen-bond acceptors (Lipinski definition) is 3. The van der Waals surface area contributed by atoms with Gasteiger partial charge in [0.05, 0.1) is 12.8 Å². The van der Waals surface area contributed by atoms with Crippen LogP contribution in [-0.4, -0.2) is 19.6 Å². The van der Waals surface area contributed by atoms with Gasteiger partial charge in [0, 0.05) is 12.1 Å². The molecule has 0 radical (unpaired) electrons. The summed E-state index contributed by atoms with van der Waals surface area (Å²) in [7, 11) is 1.55. The van der Waals surface area contributed by atoms with E-state index < -0.39 is 0 Å². The summed E-state index contributed by atoms with van der Waals surface area (Å²) in [5, 5.41) is 3.04. The van der Waals surface area contributed by atoms with Crippen LogP contribution in [0, 0.1) is 5.41 Å². The summed E-state index contributed by atoms with van der Waals surface area (Å²) < 4.78 is 5.15. The molecule has 1 aromatic carbocycles. The maximum absolute atomic E-state index is 12.2. The van der Waals surface area contributed by atoms with Gasteiger partial charge in [-0.25, -0.2) is 0 Å². The van der Waals surface area contributed by atoms with Crippen molar-refractivity contribution in [2.75, 3.05) is 19.4 Å². The zero-order chi connectivity index (χ0) is 14.6. The second-order valence-corrected chi connectivity index (χ2v) is 6.01. The van der Waals surface area contributed by atoms with Gasteiger partial charge in [0.2, 0.25) is 0 Å². The van der Waals surface area contributed by atoms with Crippen LogP contribution in [-0.2, 0) is 0 Å². The van der Waals surface area contributed by atoms with Crippen molar-refractivity contribution >= 4 is 11.6 Å². The molecule has 0 unspecified atom stereocenters. The zero-order valence-electron chi connectivity index (χ0n) is 12.4. The third-order valence-corrected chi connectivity index (χ3v) is 4.23. The summed E-state index contributed by atoms with van der Waals surface area (Å²) in [6, 6.07) is 5.13. The van der Waals surface area contributed by atoms with Crippen molar-refractivity contribution in [3.05, 3.63) is 23.8 Å². The fourth-order valence-electron chi connectivity index (χ4n) is 2.83. The first kappa shape index (κ1) is 14.7. The lowest BCUT2D eigenvalue weighted by Gasteiger charge is -2.33. The number of nitrogen functional groups attached to an aromatic ring is 1. The van der Waals surface area contributed by atoms with Crippen LogP contribution in [0.3, 0.4) is 0 Å². The number of hydrogen-bond donors (Lipinski definition) is 2. The number of anilines is 1. The van der Waals surface area contributed by atoms with Gasteiger partial charge in [-0.1, -0.05) is 26.2 Å². The molecule has 1 saturated carbocycles. The molecule has 0 aliphatic heterocycles. The lowest BCUT2D eigenvalue weighted by Crippen LogP contribution is -2.37. The molecule has 0 atom stereocenters. The topological polar surface area (TPSA) is 64.3 Å². The highest BCUT2D eigenvalue weighted by molar-refractivity contribution is 5.95. The van der Waals surface area contributed by atoms with Crippen LogP contribution in [0.1, 0.15) is 49.4 Å². The molecule has 4 nitrogen and oxygen atoms in total. The Balaban J connectivity index is 1.98. The monoisotopic (exact) mass is 276 g/mol. The molecule has 20 heavy (non-hydrogen) atoms. The number of carbonyl (C=O) groups is 1. The Bertz CT molecular complexity index is 479. The smallest absolute Gasteiger partial charge is 0.251 e. The molecule has 0 heterocycles. The van der Waals surface area contributed by atoms with Crippen LogP contribution < -0.4 is 15.8 Å². The summed E-state index contributed by atoms with van der Waals surface area (Å²) in [5.41, 5.74) is 7.13. The highest BCUT2D eigenvalue weighted by Gasteiger charge is 2.27. The standard InChI is InChI=1S/C16H24N2O2/c1-16(8-4-3-5-9-16)11-18-15(19)12-6-7-13(17)14(10-12)20-2/h6-7,10H,3-5,8-9,11,17H2,1-2H3,(H,18,19). The fraction of sp³-hybridized carbons (Fsp3) is 0.562. The minimum absolute atomic E-state index is 0.0601. The third kappa shape index (κ3) is 3.44. The molecule has 0 bridgehead atoms. The van der Waals surface area contributed by atoms with Crippen LogP contribution in [0.4, 0.5) is 5.69 Å². The summed E-state index contributed by atoms with van der Waals surface area (Å²) in [4.78, 5) is 12.2. The van der Waals surface area contributed by atoms with Crippen molar-refractivity contribution in [3.8, 4) is 5.75 Å². The molecule has 1 aliphatic carbocycles.